The molecule has 154 valence electrons. The van der Waals surface area contributed by atoms with E-state index in [2.05, 4.69) is 62.2 Å². The summed E-state index contributed by atoms with van der Waals surface area (Å²) in [5.41, 5.74) is 4.25. The molecule has 0 aliphatic heterocycles. The van der Waals surface area contributed by atoms with E-state index in [1.54, 1.807) is 6.92 Å². The summed E-state index contributed by atoms with van der Waals surface area (Å²) in [6, 6.07) is 24.0. The summed E-state index contributed by atoms with van der Waals surface area (Å²) in [6.45, 7) is 2.63. The van der Waals surface area contributed by atoms with Crippen LogP contribution in [0.1, 0.15) is 23.6 Å². The Bertz CT molecular complexity index is 945. The van der Waals surface area contributed by atoms with Crippen LogP contribution in [0.15, 0.2) is 87.8 Å². The van der Waals surface area contributed by atoms with Crippen LogP contribution >= 0.6 is 31.9 Å². The maximum absolute atomic E-state index is 11.6. The Balaban J connectivity index is 1.72. The van der Waals surface area contributed by atoms with Crippen LogP contribution in [0.2, 0.25) is 0 Å². The molecule has 3 aromatic carbocycles. The molecule has 0 aromatic heterocycles. The minimum absolute atomic E-state index is 0.220. The summed E-state index contributed by atoms with van der Waals surface area (Å²) in [5.74, 6) is 0.535. The van der Waals surface area contributed by atoms with Gasteiger partial charge in [0.15, 0.2) is 0 Å². The van der Waals surface area contributed by atoms with E-state index >= 15 is 0 Å². The van der Waals surface area contributed by atoms with Gasteiger partial charge >= 0.3 is 5.97 Å². The molecule has 30 heavy (non-hydrogen) atoms. The molecule has 5 heteroatoms. The summed E-state index contributed by atoms with van der Waals surface area (Å²) >= 11 is 6.99. The fraction of sp³-hybridized carbons (Fsp3) is 0.160. The third-order valence-corrected chi connectivity index (χ3v) is 5.48. The normalized spacial score (nSPS) is 10.4. The van der Waals surface area contributed by atoms with E-state index in [0.717, 1.165) is 37.0 Å². The summed E-state index contributed by atoms with van der Waals surface area (Å²) in [5, 5.41) is 0. The molecular weight excluding hydrogens is 508 g/mol. The number of benzene rings is 3. The zero-order chi connectivity index (χ0) is 21.3. The van der Waals surface area contributed by atoms with Crippen LogP contribution in [-0.4, -0.2) is 19.2 Å². The average Bonchev–Trinajstić information content (AvgIpc) is 2.74. The molecule has 0 aliphatic rings. The van der Waals surface area contributed by atoms with Crippen molar-refractivity contribution in [3.8, 4) is 5.75 Å². The Labute approximate surface area is 194 Å². The van der Waals surface area contributed by atoms with Crippen molar-refractivity contribution >= 4 is 43.4 Å². The van der Waals surface area contributed by atoms with Crippen molar-refractivity contribution in [2.45, 2.75) is 13.3 Å². The quantitative estimate of drug-likeness (QED) is 0.300. The predicted molar refractivity (Wildman–Crippen MR) is 128 cm³/mol. The average molecular weight is 530 g/mol. The highest BCUT2D eigenvalue weighted by molar-refractivity contribution is 9.10. The van der Waals surface area contributed by atoms with Gasteiger partial charge < -0.3 is 9.47 Å². The summed E-state index contributed by atoms with van der Waals surface area (Å²) in [6.07, 6.45) is 2.35. The number of esters is 1. The Hall–Kier alpha value is -2.37. The van der Waals surface area contributed by atoms with Crippen molar-refractivity contribution in [3.63, 3.8) is 0 Å². The van der Waals surface area contributed by atoms with Crippen molar-refractivity contribution in [3.05, 3.63) is 105 Å². The Morgan fingerprint density at radius 1 is 0.833 bits per heavy atom. The Morgan fingerprint density at radius 3 is 1.87 bits per heavy atom. The van der Waals surface area contributed by atoms with Crippen LogP contribution in [0.4, 0.5) is 0 Å². The van der Waals surface area contributed by atoms with E-state index in [4.69, 9.17) is 9.47 Å². The van der Waals surface area contributed by atoms with Gasteiger partial charge in [0.25, 0.3) is 0 Å². The topological polar surface area (TPSA) is 35.5 Å². The van der Waals surface area contributed by atoms with E-state index in [1.165, 1.54) is 0 Å². The smallest absolute Gasteiger partial charge is 0.310 e. The first-order chi connectivity index (χ1) is 14.5. The molecule has 0 aliphatic carbocycles. The van der Waals surface area contributed by atoms with Gasteiger partial charge in [-0.15, -0.1) is 0 Å². The number of rotatable bonds is 8. The van der Waals surface area contributed by atoms with Crippen molar-refractivity contribution in [1.29, 1.82) is 0 Å². The van der Waals surface area contributed by atoms with Crippen LogP contribution in [0.5, 0.6) is 5.75 Å². The fourth-order valence-corrected chi connectivity index (χ4v) is 3.49. The van der Waals surface area contributed by atoms with Crippen LogP contribution in [-0.2, 0) is 16.0 Å². The number of carbonyl (C=O) groups is 1. The Morgan fingerprint density at radius 2 is 1.37 bits per heavy atom. The second kappa shape index (κ2) is 11.1. The largest absolute Gasteiger partial charge is 0.490 e. The van der Waals surface area contributed by atoms with Crippen molar-refractivity contribution in [1.82, 2.24) is 0 Å². The van der Waals surface area contributed by atoms with Crippen LogP contribution in [0.3, 0.4) is 0 Å². The number of hydrogen-bond donors (Lipinski definition) is 0. The lowest BCUT2D eigenvalue weighted by atomic mass is 9.98. The number of hydrogen-bond acceptors (Lipinski definition) is 3. The zero-order valence-corrected chi connectivity index (χ0v) is 19.8. The molecular formula is C25H22Br2O3. The third kappa shape index (κ3) is 6.57. The predicted octanol–water partition coefficient (Wildman–Crippen LogP) is 6.83. The lowest BCUT2D eigenvalue weighted by molar-refractivity contribution is -0.142. The molecule has 3 aromatic rings. The molecule has 0 spiro atoms. The lowest BCUT2D eigenvalue weighted by Gasteiger charge is -2.11. The minimum atomic E-state index is -0.220. The minimum Gasteiger partial charge on any atom is -0.490 e. The second-order valence-electron chi connectivity index (χ2n) is 6.57. The molecule has 0 unspecified atom stereocenters. The SMILES string of the molecule is CCOC(=O)Cc1ccc(OCC=C(c2ccc(Br)cc2)c2ccc(Br)cc2)cc1. The standard InChI is InChI=1S/C25H22Br2O3/c1-2-29-25(28)17-18-3-13-23(14-4-18)30-16-15-24(19-5-9-21(26)10-6-19)20-7-11-22(27)12-8-20/h3-15H,2,16-17H2,1H3. The van der Waals surface area contributed by atoms with E-state index in [9.17, 15) is 4.79 Å². The first-order valence-electron chi connectivity index (χ1n) is 9.64. The molecule has 0 bridgehead atoms. The van der Waals surface area contributed by atoms with Gasteiger partial charge in [-0.25, -0.2) is 0 Å². The highest BCUT2D eigenvalue weighted by Gasteiger charge is 2.07. The molecule has 0 amide bonds. The van der Waals surface area contributed by atoms with Gasteiger partial charge in [-0.1, -0.05) is 68.3 Å². The molecule has 0 heterocycles. The molecule has 3 nitrogen and oxygen atoms in total. The molecule has 0 radical (unpaired) electrons. The van der Waals surface area contributed by atoms with Crippen LogP contribution in [0, 0.1) is 0 Å². The van der Waals surface area contributed by atoms with Gasteiger partial charge in [0.2, 0.25) is 0 Å². The number of carbonyl (C=O) groups excluding carboxylic acids is 1. The molecule has 0 saturated carbocycles. The van der Waals surface area contributed by atoms with Gasteiger partial charge in [0, 0.05) is 8.95 Å². The van der Waals surface area contributed by atoms with E-state index in [1.807, 2.05) is 48.5 Å². The molecule has 0 N–H and O–H groups in total. The van der Waals surface area contributed by atoms with Crippen LogP contribution in [0.25, 0.3) is 5.57 Å². The van der Waals surface area contributed by atoms with Gasteiger partial charge in [-0.05, 0) is 71.7 Å². The summed E-state index contributed by atoms with van der Waals surface area (Å²) < 4.78 is 13.0. The first-order valence-corrected chi connectivity index (χ1v) is 11.2. The van der Waals surface area contributed by atoms with Gasteiger partial charge in [0.1, 0.15) is 12.4 Å². The lowest BCUT2D eigenvalue weighted by Crippen LogP contribution is -2.07. The van der Waals surface area contributed by atoms with Crippen molar-refractivity contribution < 1.29 is 14.3 Å². The van der Waals surface area contributed by atoms with Gasteiger partial charge in [-0.2, -0.15) is 0 Å². The molecule has 0 atom stereocenters. The molecule has 0 saturated heterocycles. The monoisotopic (exact) mass is 528 g/mol. The number of halogens is 2. The van der Waals surface area contributed by atoms with E-state index in [-0.39, 0.29) is 12.4 Å². The number of ether oxygens (including phenoxy) is 2. The van der Waals surface area contributed by atoms with Crippen molar-refractivity contribution in [2.75, 3.05) is 13.2 Å². The maximum Gasteiger partial charge on any atom is 0.310 e. The van der Waals surface area contributed by atoms with Gasteiger partial charge in [-0.3, -0.25) is 4.79 Å². The highest BCUT2D eigenvalue weighted by Crippen LogP contribution is 2.26. The fourth-order valence-electron chi connectivity index (χ4n) is 2.96. The Kier molecular flexibility index (Phi) is 8.29. The highest BCUT2D eigenvalue weighted by atomic mass is 79.9. The maximum atomic E-state index is 11.6. The third-order valence-electron chi connectivity index (χ3n) is 4.43. The summed E-state index contributed by atoms with van der Waals surface area (Å²) in [4.78, 5) is 11.6. The first kappa shape index (κ1) is 22.3. The summed E-state index contributed by atoms with van der Waals surface area (Å²) in [7, 11) is 0. The van der Waals surface area contributed by atoms with E-state index in [0.29, 0.717) is 13.2 Å². The molecule has 3 rings (SSSR count). The van der Waals surface area contributed by atoms with Crippen molar-refractivity contribution in [2.24, 2.45) is 0 Å². The van der Waals surface area contributed by atoms with Crippen LogP contribution < -0.4 is 4.74 Å². The van der Waals surface area contributed by atoms with Gasteiger partial charge in [0.05, 0.1) is 13.0 Å². The van der Waals surface area contributed by atoms with E-state index < -0.39 is 0 Å². The second-order valence-corrected chi connectivity index (χ2v) is 8.40. The molecule has 0 fully saturated rings. The zero-order valence-electron chi connectivity index (χ0n) is 16.6.